The molecule has 0 spiro atoms. The van der Waals surface area contributed by atoms with Gasteiger partial charge in [-0.3, -0.25) is 4.79 Å². The normalized spacial score (nSPS) is 9.23. The van der Waals surface area contributed by atoms with Gasteiger partial charge >= 0.3 is 18.1 Å². The Bertz CT molecular complexity index is 197. The van der Waals surface area contributed by atoms with Gasteiger partial charge in [0.1, 0.15) is 0 Å². The molecule has 0 bridgehead atoms. The van der Waals surface area contributed by atoms with Crippen molar-refractivity contribution >= 4 is 11.9 Å². The van der Waals surface area contributed by atoms with Gasteiger partial charge in [0.05, 0.1) is 6.26 Å². The highest BCUT2D eigenvalue weighted by Gasteiger charge is 2.38. The predicted octanol–water partition coefficient (Wildman–Crippen LogP) is 1.33. The van der Waals surface area contributed by atoms with Crippen LogP contribution in [0.1, 0.15) is 6.92 Å². The van der Waals surface area contributed by atoms with Gasteiger partial charge in [0.25, 0.3) is 0 Å². The summed E-state index contributed by atoms with van der Waals surface area (Å²) in [5.74, 6) is -3.09. The molecule has 0 aromatic carbocycles. The summed E-state index contributed by atoms with van der Waals surface area (Å²) in [5, 5.41) is 7.12. The first-order chi connectivity index (χ1) is 5.71. The molecule has 0 heterocycles. The number of carboxylic acid groups (broad SMARTS) is 1. The highest BCUT2D eigenvalue weighted by molar-refractivity contribution is 5.73. The number of aliphatic carboxylic acids is 1. The van der Waals surface area contributed by atoms with Crippen molar-refractivity contribution in [1.82, 2.24) is 0 Å². The highest BCUT2D eigenvalue weighted by Crippen LogP contribution is 2.13. The quantitative estimate of drug-likeness (QED) is 0.512. The highest BCUT2D eigenvalue weighted by atomic mass is 19.4. The Balaban J connectivity index is 0. The number of ether oxygens (including phenoxy) is 1. The molecule has 0 unspecified atom stereocenters. The molecule has 0 aliphatic rings. The lowest BCUT2D eigenvalue weighted by molar-refractivity contribution is -0.192. The number of esters is 1. The first-order valence-electron chi connectivity index (χ1n) is 2.80. The van der Waals surface area contributed by atoms with Crippen LogP contribution in [0.2, 0.25) is 0 Å². The molecule has 0 aliphatic heterocycles. The second-order valence-electron chi connectivity index (χ2n) is 1.58. The molecule has 1 N–H and O–H groups in total. The summed E-state index contributed by atoms with van der Waals surface area (Å²) >= 11 is 0. The van der Waals surface area contributed by atoms with E-state index in [1.54, 1.807) is 0 Å². The summed E-state index contributed by atoms with van der Waals surface area (Å²) < 4.78 is 35.9. The minimum atomic E-state index is -5.08. The van der Waals surface area contributed by atoms with Gasteiger partial charge in [0.2, 0.25) is 0 Å². The van der Waals surface area contributed by atoms with E-state index in [2.05, 4.69) is 11.3 Å². The number of halogens is 3. The minimum absolute atomic E-state index is 0.329. The maximum absolute atomic E-state index is 10.6. The fraction of sp³-hybridized carbons (Fsp3) is 0.333. The first kappa shape index (κ1) is 14.0. The number of alkyl halides is 3. The molecule has 0 rings (SSSR count). The maximum Gasteiger partial charge on any atom is 0.490 e. The topological polar surface area (TPSA) is 63.6 Å². The van der Waals surface area contributed by atoms with Crippen LogP contribution >= 0.6 is 0 Å². The van der Waals surface area contributed by atoms with Gasteiger partial charge < -0.3 is 9.84 Å². The number of carbonyl (C=O) groups excluding carboxylic acids is 1. The van der Waals surface area contributed by atoms with E-state index in [0.717, 1.165) is 6.26 Å². The SMILES string of the molecule is C=COC(C)=O.O=C(O)C(F)(F)F. The van der Waals surface area contributed by atoms with Crippen molar-refractivity contribution in [1.29, 1.82) is 0 Å². The van der Waals surface area contributed by atoms with Gasteiger partial charge in [0.15, 0.2) is 0 Å². The van der Waals surface area contributed by atoms with Crippen LogP contribution in [0, 0.1) is 0 Å². The van der Waals surface area contributed by atoms with Crippen molar-refractivity contribution in [2.75, 3.05) is 0 Å². The molecule has 0 aromatic rings. The van der Waals surface area contributed by atoms with E-state index in [-0.39, 0.29) is 5.97 Å². The molecular formula is C6H7F3O4. The molecule has 76 valence electrons. The van der Waals surface area contributed by atoms with Crippen LogP contribution in [-0.2, 0) is 14.3 Å². The predicted molar refractivity (Wildman–Crippen MR) is 35.7 cm³/mol. The van der Waals surface area contributed by atoms with E-state index >= 15 is 0 Å². The average molecular weight is 200 g/mol. The van der Waals surface area contributed by atoms with Gasteiger partial charge in [-0.2, -0.15) is 13.2 Å². The Labute approximate surface area is 71.6 Å². The summed E-state index contributed by atoms with van der Waals surface area (Å²) in [6, 6.07) is 0. The largest absolute Gasteiger partial charge is 0.490 e. The average Bonchev–Trinajstić information content (AvgIpc) is 1.85. The molecule has 0 aromatic heterocycles. The summed E-state index contributed by atoms with van der Waals surface area (Å²) in [6.45, 7) is 4.48. The van der Waals surface area contributed by atoms with Gasteiger partial charge in [-0.05, 0) is 0 Å². The zero-order valence-electron chi connectivity index (χ0n) is 6.59. The Morgan fingerprint density at radius 1 is 1.46 bits per heavy atom. The van der Waals surface area contributed by atoms with Crippen LogP contribution in [0.3, 0.4) is 0 Å². The van der Waals surface area contributed by atoms with E-state index in [4.69, 9.17) is 9.90 Å². The van der Waals surface area contributed by atoms with E-state index in [1.807, 2.05) is 0 Å². The molecule has 0 saturated heterocycles. The number of carboxylic acids is 1. The fourth-order valence-electron chi connectivity index (χ4n) is 0.117. The Kier molecular flexibility index (Phi) is 6.51. The van der Waals surface area contributed by atoms with Crippen LogP contribution in [0.25, 0.3) is 0 Å². The molecule has 0 saturated carbocycles. The Hall–Kier alpha value is -1.53. The second-order valence-corrected chi connectivity index (χ2v) is 1.58. The zero-order chi connectivity index (χ0) is 11.1. The van der Waals surface area contributed by atoms with E-state index in [1.165, 1.54) is 6.92 Å². The van der Waals surface area contributed by atoms with Gasteiger partial charge in [0, 0.05) is 6.92 Å². The molecule has 0 amide bonds. The third-order valence-electron chi connectivity index (χ3n) is 0.492. The summed E-state index contributed by atoms with van der Waals surface area (Å²) in [7, 11) is 0. The summed E-state index contributed by atoms with van der Waals surface area (Å²) in [4.78, 5) is 18.6. The lowest BCUT2D eigenvalue weighted by Gasteiger charge is -1.93. The van der Waals surface area contributed by atoms with E-state index in [0.29, 0.717) is 0 Å². The second kappa shape index (κ2) is 6.04. The van der Waals surface area contributed by atoms with Crippen LogP contribution in [0.5, 0.6) is 0 Å². The molecule has 4 nitrogen and oxygen atoms in total. The van der Waals surface area contributed by atoms with E-state index < -0.39 is 12.1 Å². The molecular weight excluding hydrogens is 193 g/mol. The number of carbonyl (C=O) groups is 2. The number of hydrogen-bond donors (Lipinski definition) is 1. The molecule has 0 radical (unpaired) electrons. The van der Waals surface area contributed by atoms with Gasteiger partial charge in [-0.25, -0.2) is 4.79 Å². The van der Waals surface area contributed by atoms with Crippen molar-refractivity contribution in [3.63, 3.8) is 0 Å². The van der Waals surface area contributed by atoms with Crippen LogP contribution < -0.4 is 0 Å². The number of rotatable bonds is 1. The van der Waals surface area contributed by atoms with Crippen molar-refractivity contribution in [2.24, 2.45) is 0 Å². The standard InChI is InChI=1S/C4H6O2.C2HF3O2/c1-3-6-4(2)5;3-2(4,5)1(6)7/h3H,1H2,2H3;(H,6,7). The van der Waals surface area contributed by atoms with Crippen molar-refractivity contribution < 1.29 is 32.6 Å². The molecule has 0 atom stereocenters. The molecule has 7 heteroatoms. The van der Waals surface area contributed by atoms with E-state index in [9.17, 15) is 18.0 Å². The third-order valence-corrected chi connectivity index (χ3v) is 0.492. The lowest BCUT2D eigenvalue weighted by Crippen LogP contribution is -2.21. The van der Waals surface area contributed by atoms with Crippen molar-refractivity contribution in [3.8, 4) is 0 Å². The zero-order valence-corrected chi connectivity index (χ0v) is 6.59. The minimum Gasteiger partial charge on any atom is -0.475 e. The van der Waals surface area contributed by atoms with Crippen LogP contribution in [0.4, 0.5) is 13.2 Å². The summed E-state index contributed by atoms with van der Waals surface area (Å²) in [6.07, 6.45) is -3.98. The molecule has 0 aliphatic carbocycles. The van der Waals surface area contributed by atoms with Crippen LogP contribution in [-0.4, -0.2) is 23.2 Å². The lowest BCUT2D eigenvalue weighted by atomic mass is 10.7. The molecule has 0 fully saturated rings. The van der Waals surface area contributed by atoms with Crippen molar-refractivity contribution in [2.45, 2.75) is 13.1 Å². The Morgan fingerprint density at radius 3 is 1.77 bits per heavy atom. The Morgan fingerprint density at radius 2 is 1.77 bits per heavy atom. The molecule has 13 heavy (non-hydrogen) atoms. The van der Waals surface area contributed by atoms with Crippen LogP contribution in [0.15, 0.2) is 12.8 Å². The maximum atomic E-state index is 10.6. The monoisotopic (exact) mass is 200 g/mol. The van der Waals surface area contributed by atoms with Crippen molar-refractivity contribution in [3.05, 3.63) is 12.8 Å². The number of hydrogen-bond acceptors (Lipinski definition) is 3. The fourth-order valence-corrected chi connectivity index (χ4v) is 0.117. The third kappa shape index (κ3) is 13.5. The summed E-state index contributed by atoms with van der Waals surface area (Å²) in [5.41, 5.74) is 0. The first-order valence-corrected chi connectivity index (χ1v) is 2.80. The van der Waals surface area contributed by atoms with Gasteiger partial charge in [-0.1, -0.05) is 6.58 Å². The smallest absolute Gasteiger partial charge is 0.475 e. The van der Waals surface area contributed by atoms with Gasteiger partial charge in [-0.15, -0.1) is 0 Å².